The highest BCUT2D eigenvalue weighted by Crippen LogP contribution is 2.52. The highest BCUT2D eigenvalue weighted by Gasteiger charge is 2.17. The Morgan fingerprint density at radius 3 is 2.27 bits per heavy atom. The molecule has 0 aliphatic rings. The lowest BCUT2D eigenvalue weighted by Crippen LogP contribution is -2.10. The molecule has 1 unspecified atom stereocenters. The Balaban J connectivity index is 3.44. The van der Waals surface area contributed by atoms with Crippen molar-refractivity contribution in [2.75, 3.05) is 17.8 Å². The average molecular weight is 299 g/mol. The second-order valence-electron chi connectivity index (χ2n) is 4.16. The first-order chi connectivity index (χ1) is 6.98. The Bertz CT molecular complexity index is 183. The topological polar surface area (TPSA) is 37.3 Å². The second kappa shape index (κ2) is 8.45. The zero-order valence-corrected chi connectivity index (χ0v) is 12.2. The minimum Gasteiger partial charge on any atom is -0.481 e. The van der Waals surface area contributed by atoms with Crippen LogP contribution >= 0.6 is 23.3 Å². The number of halogens is 1. The van der Waals surface area contributed by atoms with Crippen LogP contribution in [0.15, 0.2) is 0 Å². The summed E-state index contributed by atoms with van der Waals surface area (Å²) in [4.78, 5) is 10.6. The van der Waals surface area contributed by atoms with Crippen molar-refractivity contribution in [3.63, 3.8) is 0 Å². The molecule has 0 bridgehead atoms. The molecule has 0 aliphatic carbocycles. The van der Waals surface area contributed by atoms with Gasteiger partial charge in [0.25, 0.3) is 0 Å². The number of aliphatic carboxylic acids is 1. The minimum atomic E-state index is -1.06. The van der Waals surface area contributed by atoms with Crippen LogP contribution in [0.2, 0.25) is 0 Å². The van der Waals surface area contributed by atoms with Crippen molar-refractivity contribution in [1.82, 2.24) is 0 Å². The Kier molecular flexibility index (Phi) is 8.62. The van der Waals surface area contributed by atoms with Gasteiger partial charge in [0, 0.05) is 0 Å². The molecule has 4 heteroatoms. The first-order valence-corrected chi connectivity index (χ1v) is 9.85. The molecule has 0 aromatic carbocycles. The van der Waals surface area contributed by atoms with Crippen LogP contribution in [0.25, 0.3) is 0 Å². The van der Waals surface area contributed by atoms with Crippen molar-refractivity contribution >= 4 is 29.2 Å². The number of hydrogen-bond donors (Lipinski definition) is 1. The maximum Gasteiger partial charge on any atom is 0.312 e. The standard InChI is InChI=1S/C11H23BrO2S/c1-3-4-5-6-7-8-9-15(2,12)10-11(13)14/h3-10H2,1-2H3,(H,13,14). The molecule has 0 saturated carbocycles. The van der Waals surface area contributed by atoms with Gasteiger partial charge >= 0.3 is 5.97 Å². The second-order valence-corrected chi connectivity index (χ2v) is 11.9. The fourth-order valence-corrected chi connectivity index (χ4v) is 4.25. The number of carbonyl (C=O) groups is 1. The molecule has 0 aromatic rings. The van der Waals surface area contributed by atoms with Crippen LogP contribution in [0, 0.1) is 0 Å². The normalized spacial score (nSPS) is 17.0. The summed E-state index contributed by atoms with van der Waals surface area (Å²) < 4.78 is 0. The summed E-state index contributed by atoms with van der Waals surface area (Å²) >= 11 is 3.57. The molecule has 0 saturated heterocycles. The molecule has 15 heavy (non-hydrogen) atoms. The summed E-state index contributed by atoms with van der Waals surface area (Å²) in [7, 11) is -1.06. The highest BCUT2D eigenvalue weighted by molar-refractivity contribution is 9.58. The number of unbranched alkanes of at least 4 members (excludes halogenated alkanes) is 5. The molecule has 2 nitrogen and oxygen atoms in total. The van der Waals surface area contributed by atoms with Crippen LogP contribution < -0.4 is 0 Å². The quantitative estimate of drug-likeness (QED) is 0.649. The highest BCUT2D eigenvalue weighted by atomic mass is 79.9. The summed E-state index contributed by atoms with van der Waals surface area (Å²) in [5, 5.41) is 8.71. The maximum absolute atomic E-state index is 10.6. The zero-order chi connectivity index (χ0) is 11.7. The number of carboxylic acids is 1. The van der Waals surface area contributed by atoms with Crippen molar-refractivity contribution < 1.29 is 9.90 Å². The van der Waals surface area contributed by atoms with Crippen LogP contribution in [0.4, 0.5) is 0 Å². The Labute approximate surface area is 102 Å². The van der Waals surface area contributed by atoms with Gasteiger partial charge in [-0.3, -0.25) is 4.79 Å². The van der Waals surface area contributed by atoms with Crippen molar-refractivity contribution in [1.29, 1.82) is 0 Å². The summed E-state index contributed by atoms with van der Waals surface area (Å²) in [6.45, 7) is 2.21. The van der Waals surface area contributed by atoms with Crippen LogP contribution in [0.1, 0.15) is 45.4 Å². The minimum absolute atomic E-state index is 0.294. The van der Waals surface area contributed by atoms with Gasteiger partial charge in [-0.1, -0.05) is 39.0 Å². The Hall–Kier alpha value is 0.300. The summed E-state index contributed by atoms with van der Waals surface area (Å²) in [5.74, 6) is 0.642. The van der Waals surface area contributed by atoms with E-state index in [9.17, 15) is 4.79 Å². The molecular weight excluding hydrogens is 276 g/mol. The Morgan fingerprint density at radius 1 is 1.20 bits per heavy atom. The molecule has 0 amide bonds. The monoisotopic (exact) mass is 298 g/mol. The smallest absolute Gasteiger partial charge is 0.312 e. The predicted octanol–water partition coefficient (Wildman–Crippen LogP) is 4.18. The SMILES string of the molecule is CCCCCCCCS(C)(Br)CC(=O)O. The van der Waals surface area contributed by atoms with E-state index in [-0.39, 0.29) is 0 Å². The molecule has 0 rings (SSSR count). The van der Waals surface area contributed by atoms with E-state index >= 15 is 0 Å². The van der Waals surface area contributed by atoms with Crippen molar-refractivity contribution in [2.45, 2.75) is 45.4 Å². The van der Waals surface area contributed by atoms with E-state index in [1.54, 1.807) is 0 Å². The van der Waals surface area contributed by atoms with Crippen LogP contribution in [-0.4, -0.2) is 28.8 Å². The van der Waals surface area contributed by atoms with Gasteiger partial charge in [0.15, 0.2) is 0 Å². The lowest BCUT2D eigenvalue weighted by molar-refractivity contribution is -0.133. The Morgan fingerprint density at radius 2 is 1.73 bits per heavy atom. The summed E-state index contributed by atoms with van der Waals surface area (Å²) in [6.07, 6.45) is 9.68. The first kappa shape index (κ1) is 15.3. The third-order valence-corrected chi connectivity index (χ3v) is 5.99. The van der Waals surface area contributed by atoms with E-state index in [1.165, 1.54) is 32.1 Å². The average Bonchev–Trinajstić information content (AvgIpc) is 2.08. The molecule has 1 atom stereocenters. The number of carboxylic acid groups (broad SMARTS) is 1. The van der Waals surface area contributed by atoms with E-state index in [2.05, 4.69) is 21.7 Å². The largest absolute Gasteiger partial charge is 0.481 e. The molecule has 1 N–H and O–H groups in total. The van der Waals surface area contributed by atoms with Gasteiger partial charge in [0.1, 0.15) is 0 Å². The fraction of sp³-hybridized carbons (Fsp3) is 0.909. The molecule has 0 fully saturated rings. The third-order valence-electron chi connectivity index (χ3n) is 2.35. The van der Waals surface area contributed by atoms with Gasteiger partial charge in [-0.15, -0.1) is 0 Å². The van der Waals surface area contributed by atoms with E-state index in [0.29, 0.717) is 5.75 Å². The predicted molar refractivity (Wildman–Crippen MR) is 73.2 cm³/mol. The molecule has 0 heterocycles. The zero-order valence-electron chi connectivity index (χ0n) is 9.80. The van der Waals surface area contributed by atoms with E-state index < -0.39 is 14.4 Å². The summed E-state index contributed by atoms with van der Waals surface area (Å²) in [6, 6.07) is 0. The third kappa shape index (κ3) is 10.6. The maximum atomic E-state index is 10.6. The van der Waals surface area contributed by atoms with E-state index in [4.69, 9.17) is 5.11 Å². The molecule has 92 valence electrons. The molecule has 0 spiro atoms. The van der Waals surface area contributed by atoms with Crippen LogP contribution in [-0.2, 0) is 4.79 Å². The number of rotatable bonds is 9. The number of hydrogen-bond acceptors (Lipinski definition) is 1. The van der Waals surface area contributed by atoms with Gasteiger partial charge in [-0.2, -0.15) is 8.46 Å². The molecule has 0 radical (unpaired) electrons. The van der Waals surface area contributed by atoms with Gasteiger partial charge in [-0.05, 0) is 33.2 Å². The molecule has 0 aromatic heterocycles. The van der Waals surface area contributed by atoms with Gasteiger partial charge in [0.05, 0.1) is 5.75 Å². The molecule has 0 aliphatic heterocycles. The van der Waals surface area contributed by atoms with Gasteiger partial charge in [-0.25, -0.2) is 0 Å². The van der Waals surface area contributed by atoms with Crippen LogP contribution in [0.5, 0.6) is 0 Å². The van der Waals surface area contributed by atoms with E-state index in [1.807, 2.05) is 6.26 Å². The lowest BCUT2D eigenvalue weighted by Gasteiger charge is -2.26. The van der Waals surface area contributed by atoms with Crippen molar-refractivity contribution in [3.05, 3.63) is 0 Å². The first-order valence-electron chi connectivity index (χ1n) is 5.63. The fourth-order valence-electron chi connectivity index (χ4n) is 1.51. The van der Waals surface area contributed by atoms with E-state index in [0.717, 1.165) is 12.2 Å². The van der Waals surface area contributed by atoms with Gasteiger partial charge < -0.3 is 5.11 Å². The molecular formula is C11H23BrO2S. The summed E-state index contributed by atoms with van der Waals surface area (Å²) in [5.41, 5.74) is 0. The van der Waals surface area contributed by atoms with Crippen molar-refractivity contribution in [2.24, 2.45) is 0 Å². The van der Waals surface area contributed by atoms with Gasteiger partial charge in [0.2, 0.25) is 0 Å². The van der Waals surface area contributed by atoms with Crippen molar-refractivity contribution in [3.8, 4) is 0 Å². The van der Waals surface area contributed by atoms with Crippen LogP contribution in [0.3, 0.4) is 0 Å². The lowest BCUT2D eigenvalue weighted by atomic mass is 10.1.